The van der Waals surface area contributed by atoms with Crippen LogP contribution in [0.4, 0.5) is 11.6 Å². The molecule has 1 atom stereocenters. The molecule has 1 unspecified atom stereocenters. The van der Waals surface area contributed by atoms with E-state index in [1.54, 1.807) is 30.0 Å². The van der Waals surface area contributed by atoms with Crippen LogP contribution in [-0.2, 0) is 11.4 Å². The molecule has 0 saturated heterocycles. The van der Waals surface area contributed by atoms with Crippen LogP contribution in [0.1, 0.15) is 36.6 Å². The predicted octanol–water partition coefficient (Wildman–Crippen LogP) is 7.52. The number of amides is 1. The number of nitrogens with zero attached hydrogens (tertiary/aromatic N) is 3. The van der Waals surface area contributed by atoms with Gasteiger partial charge in [0.15, 0.2) is 11.5 Å². The van der Waals surface area contributed by atoms with E-state index in [9.17, 15) is 4.79 Å². The molecule has 0 bridgehead atoms. The Kier molecular flexibility index (Phi) is 8.77. The summed E-state index contributed by atoms with van der Waals surface area (Å²) in [4.78, 5) is 18.5. The molecule has 0 aliphatic carbocycles. The lowest BCUT2D eigenvalue weighted by Crippen LogP contribution is -2.31. The molecule has 1 aliphatic rings. The van der Waals surface area contributed by atoms with Crippen LogP contribution in [0.15, 0.2) is 77.1 Å². The molecule has 0 saturated carbocycles. The molecule has 2 N–H and O–H groups in total. The lowest BCUT2D eigenvalue weighted by molar-refractivity contribution is -0.113. The maximum atomic E-state index is 13.8. The summed E-state index contributed by atoms with van der Waals surface area (Å²) in [5.41, 5.74) is 4.41. The zero-order valence-electron chi connectivity index (χ0n) is 23.0. The minimum Gasteiger partial charge on any atom is -0.493 e. The van der Waals surface area contributed by atoms with Gasteiger partial charge in [-0.3, -0.25) is 4.79 Å². The highest BCUT2D eigenvalue weighted by Gasteiger charge is 2.35. The Balaban J connectivity index is 1.52. The van der Waals surface area contributed by atoms with Gasteiger partial charge in [-0.1, -0.05) is 66.2 Å². The topological polar surface area (TPSA) is 90.3 Å². The first-order valence-corrected chi connectivity index (χ1v) is 14.7. The number of fused-ring (bicyclic) bond motifs is 1. The number of thioether (sulfide) groups is 1. The minimum absolute atomic E-state index is 0.162. The molecule has 212 valence electrons. The third-order valence-corrected chi connectivity index (χ3v) is 7.99. The lowest BCUT2D eigenvalue weighted by Gasteiger charge is -2.29. The number of halogens is 2. The Morgan fingerprint density at radius 3 is 2.54 bits per heavy atom. The third kappa shape index (κ3) is 6.17. The predicted molar refractivity (Wildman–Crippen MR) is 164 cm³/mol. The Hall–Kier alpha value is -3.66. The molecule has 0 radical (unpaired) electrons. The number of ether oxygens (including phenoxy) is 2. The second kappa shape index (κ2) is 12.5. The first-order valence-electron chi connectivity index (χ1n) is 13.0. The van der Waals surface area contributed by atoms with Gasteiger partial charge in [-0.2, -0.15) is 4.98 Å². The van der Waals surface area contributed by atoms with Crippen molar-refractivity contribution in [2.24, 2.45) is 0 Å². The maximum Gasteiger partial charge on any atom is 0.255 e. The van der Waals surface area contributed by atoms with E-state index < -0.39 is 6.04 Å². The highest BCUT2D eigenvalue weighted by molar-refractivity contribution is 7.99. The van der Waals surface area contributed by atoms with Crippen molar-refractivity contribution in [3.05, 3.63) is 98.7 Å². The summed E-state index contributed by atoms with van der Waals surface area (Å²) >= 11 is 14.2. The van der Waals surface area contributed by atoms with Crippen molar-refractivity contribution in [2.75, 3.05) is 23.5 Å². The molecule has 8 nitrogen and oxygen atoms in total. The van der Waals surface area contributed by atoms with Crippen LogP contribution in [0.2, 0.25) is 10.0 Å². The quantitative estimate of drug-likeness (QED) is 0.190. The Labute approximate surface area is 253 Å². The van der Waals surface area contributed by atoms with Crippen LogP contribution in [0.3, 0.4) is 0 Å². The number of carbonyl (C=O) groups is 1. The fourth-order valence-electron chi connectivity index (χ4n) is 4.64. The number of benzene rings is 3. The van der Waals surface area contributed by atoms with Gasteiger partial charge in [0.1, 0.15) is 12.6 Å². The van der Waals surface area contributed by atoms with Crippen molar-refractivity contribution < 1.29 is 14.3 Å². The Morgan fingerprint density at radius 2 is 1.83 bits per heavy atom. The number of hydrogen-bond acceptors (Lipinski definition) is 7. The molecule has 3 aromatic carbocycles. The smallest absolute Gasteiger partial charge is 0.255 e. The molecule has 1 amide bonds. The molecular weight excluding hydrogens is 581 g/mol. The van der Waals surface area contributed by atoms with Crippen molar-refractivity contribution in [3.8, 4) is 11.5 Å². The van der Waals surface area contributed by atoms with Crippen molar-refractivity contribution in [1.29, 1.82) is 0 Å². The first kappa shape index (κ1) is 28.9. The van der Waals surface area contributed by atoms with Gasteiger partial charge in [0.25, 0.3) is 5.91 Å². The molecule has 4 aromatic rings. The SMILES string of the molecule is CCSc1nc2n(n1)C(c1ccc(OCc3c(Cl)cccc3Cl)c(OC)c1)C(C(=O)Nc1cccc(C)c1)=C(C)N2. The summed E-state index contributed by atoms with van der Waals surface area (Å²) in [5.74, 6) is 2.13. The molecule has 0 spiro atoms. The summed E-state index contributed by atoms with van der Waals surface area (Å²) in [5, 5.41) is 12.7. The molecule has 0 fully saturated rings. The standard InChI is InChI=1S/C30H29Cl2N5O3S/c1-5-41-30-35-29-33-18(3)26(28(38)34-20-9-6-8-17(2)14-20)27(37(29)36-30)19-12-13-24(25(15-19)39-4)40-16-21-22(31)10-7-11-23(21)32/h6-15,27H,5,16H2,1-4H3,(H,34,38)(H,33,35,36). The van der Waals surface area contributed by atoms with E-state index in [4.69, 9.17) is 37.8 Å². The van der Waals surface area contributed by atoms with Gasteiger partial charge in [0, 0.05) is 27.0 Å². The summed E-state index contributed by atoms with van der Waals surface area (Å²) in [7, 11) is 1.57. The van der Waals surface area contributed by atoms with E-state index in [0.717, 1.165) is 16.9 Å². The number of anilines is 2. The molecule has 1 aromatic heterocycles. The number of rotatable bonds is 9. The van der Waals surface area contributed by atoms with Crippen LogP contribution >= 0.6 is 35.0 Å². The van der Waals surface area contributed by atoms with Crippen LogP contribution in [0.5, 0.6) is 11.5 Å². The van der Waals surface area contributed by atoms with E-state index in [0.29, 0.717) is 55.2 Å². The van der Waals surface area contributed by atoms with E-state index in [1.165, 1.54) is 11.8 Å². The molecule has 41 heavy (non-hydrogen) atoms. The van der Waals surface area contributed by atoms with Crippen LogP contribution in [0.25, 0.3) is 0 Å². The second-order valence-corrected chi connectivity index (χ2v) is 11.4. The normalized spacial score (nSPS) is 14.3. The van der Waals surface area contributed by atoms with E-state index in [2.05, 4.69) is 15.6 Å². The third-order valence-electron chi connectivity index (χ3n) is 6.56. The maximum absolute atomic E-state index is 13.8. The van der Waals surface area contributed by atoms with Gasteiger partial charge in [0.2, 0.25) is 11.1 Å². The van der Waals surface area contributed by atoms with Crippen LogP contribution in [-0.4, -0.2) is 33.5 Å². The summed E-state index contributed by atoms with van der Waals surface area (Å²) in [6.45, 7) is 6.05. The monoisotopic (exact) mass is 609 g/mol. The Morgan fingerprint density at radius 1 is 1.07 bits per heavy atom. The molecule has 11 heteroatoms. The average Bonchev–Trinajstić information content (AvgIpc) is 3.34. The van der Waals surface area contributed by atoms with Crippen molar-refractivity contribution in [1.82, 2.24) is 14.8 Å². The molecule has 2 heterocycles. The molecular formula is C30H29Cl2N5O3S. The number of aryl methyl sites for hydroxylation is 1. The second-order valence-electron chi connectivity index (χ2n) is 9.38. The summed E-state index contributed by atoms with van der Waals surface area (Å²) in [6, 6.07) is 18.0. The van der Waals surface area contributed by atoms with Gasteiger partial charge in [-0.15, -0.1) is 5.10 Å². The number of methoxy groups -OCH3 is 1. The molecule has 5 rings (SSSR count). The summed E-state index contributed by atoms with van der Waals surface area (Å²) < 4.78 is 13.5. The summed E-state index contributed by atoms with van der Waals surface area (Å²) in [6.07, 6.45) is 0. The van der Waals surface area contributed by atoms with E-state index in [1.807, 2.05) is 63.2 Å². The number of hydrogen-bond donors (Lipinski definition) is 2. The van der Waals surface area contributed by atoms with Crippen molar-refractivity contribution >= 4 is 52.5 Å². The fourth-order valence-corrected chi connectivity index (χ4v) is 5.70. The van der Waals surface area contributed by atoms with Crippen LogP contribution < -0.4 is 20.1 Å². The lowest BCUT2D eigenvalue weighted by atomic mass is 9.94. The van der Waals surface area contributed by atoms with Gasteiger partial charge in [-0.25, -0.2) is 4.68 Å². The van der Waals surface area contributed by atoms with Gasteiger partial charge in [0.05, 0.1) is 12.7 Å². The van der Waals surface area contributed by atoms with Gasteiger partial charge >= 0.3 is 0 Å². The van der Waals surface area contributed by atoms with Crippen molar-refractivity contribution in [3.63, 3.8) is 0 Å². The molecule has 1 aliphatic heterocycles. The zero-order valence-corrected chi connectivity index (χ0v) is 25.3. The highest BCUT2D eigenvalue weighted by atomic mass is 35.5. The average molecular weight is 611 g/mol. The van der Waals surface area contributed by atoms with E-state index >= 15 is 0 Å². The highest BCUT2D eigenvalue weighted by Crippen LogP contribution is 2.40. The number of carbonyl (C=O) groups excluding carboxylic acids is 1. The number of aromatic nitrogens is 3. The fraction of sp³-hybridized carbons (Fsp3) is 0.233. The largest absolute Gasteiger partial charge is 0.493 e. The minimum atomic E-state index is -0.573. The number of nitrogens with one attached hydrogen (secondary N) is 2. The number of allylic oxidation sites excluding steroid dienone is 1. The van der Waals surface area contributed by atoms with Gasteiger partial charge < -0.3 is 20.1 Å². The van der Waals surface area contributed by atoms with Crippen LogP contribution in [0, 0.1) is 6.92 Å². The first-order chi connectivity index (χ1) is 19.8. The van der Waals surface area contributed by atoms with Gasteiger partial charge in [-0.05, 0) is 67.1 Å². The van der Waals surface area contributed by atoms with Crippen molar-refractivity contribution in [2.45, 2.75) is 38.6 Å². The zero-order chi connectivity index (χ0) is 29.1. The van der Waals surface area contributed by atoms with E-state index in [-0.39, 0.29) is 12.5 Å². The Bertz CT molecular complexity index is 1620.